The van der Waals surface area contributed by atoms with Gasteiger partial charge in [-0.15, -0.1) is 0 Å². The van der Waals surface area contributed by atoms with Gasteiger partial charge >= 0.3 is 5.97 Å². The summed E-state index contributed by atoms with van der Waals surface area (Å²) in [5.74, 6) is 0.481. The van der Waals surface area contributed by atoms with Crippen LogP contribution in [0.15, 0.2) is 65.7 Å². The fourth-order valence-electron chi connectivity index (χ4n) is 4.34. The van der Waals surface area contributed by atoms with E-state index in [1.54, 1.807) is 12.1 Å². The van der Waals surface area contributed by atoms with Crippen molar-refractivity contribution in [1.82, 2.24) is 0 Å². The molecule has 3 aromatic carbocycles. The quantitative estimate of drug-likeness (QED) is 0.423. The first-order valence-corrected chi connectivity index (χ1v) is 11.1. The van der Waals surface area contributed by atoms with Gasteiger partial charge in [0.25, 0.3) is 0 Å². The second kappa shape index (κ2) is 8.62. The Morgan fingerprint density at radius 1 is 0.875 bits per heavy atom. The molecule has 0 aromatic heterocycles. The Hall–Kier alpha value is -3.40. The Balaban J connectivity index is 1.99. The Morgan fingerprint density at radius 3 is 2.12 bits per heavy atom. The molecule has 4 heteroatoms. The zero-order chi connectivity index (χ0) is 23.0. The third kappa shape index (κ3) is 3.81. The Bertz CT molecular complexity index is 1190. The summed E-state index contributed by atoms with van der Waals surface area (Å²) in [5, 5.41) is 0. The second-order valence-electron chi connectivity index (χ2n) is 8.88. The summed E-state index contributed by atoms with van der Waals surface area (Å²) in [6.07, 6.45) is 0. The van der Waals surface area contributed by atoms with Crippen molar-refractivity contribution in [1.29, 1.82) is 0 Å². The molecule has 0 radical (unpaired) electrons. The molecule has 32 heavy (non-hydrogen) atoms. The normalized spacial score (nSPS) is 12.9. The number of rotatable bonds is 4. The van der Waals surface area contributed by atoms with Gasteiger partial charge in [-0.1, -0.05) is 52.0 Å². The molecule has 0 atom stereocenters. The van der Waals surface area contributed by atoms with Crippen molar-refractivity contribution in [2.24, 2.45) is 4.99 Å². The molecule has 1 heterocycles. The predicted molar refractivity (Wildman–Crippen MR) is 132 cm³/mol. The molecule has 0 aliphatic carbocycles. The first-order valence-electron chi connectivity index (χ1n) is 11.1. The Labute approximate surface area is 190 Å². The monoisotopic (exact) mass is 426 g/mol. The lowest BCUT2D eigenvalue weighted by atomic mass is 9.86. The van der Waals surface area contributed by atoms with Crippen LogP contribution in [0.1, 0.15) is 72.1 Å². The van der Waals surface area contributed by atoms with Crippen molar-refractivity contribution in [3.8, 4) is 0 Å². The van der Waals surface area contributed by atoms with E-state index in [4.69, 9.17) is 9.73 Å². The number of hydrogen-bond acceptors (Lipinski definition) is 4. The molecule has 0 saturated heterocycles. The van der Waals surface area contributed by atoms with Crippen molar-refractivity contribution in [3.63, 3.8) is 0 Å². The molecule has 0 saturated carbocycles. The van der Waals surface area contributed by atoms with Crippen LogP contribution in [0, 0.1) is 0 Å². The highest BCUT2D eigenvalue weighted by Crippen LogP contribution is 2.42. The third-order valence-corrected chi connectivity index (χ3v) is 6.12. The van der Waals surface area contributed by atoms with Crippen molar-refractivity contribution < 1.29 is 9.53 Å². The van der Waals surface area contributed by atoms with E-state index >= 15 is 0 Å². The summed E-state index contributed by atoms with van der Waals surface area (Å²) in [6, 6.07) is 20.4. The van der Waals surface area contributed by atoms with E-state index in [0.29, 0.717) is 17.4 Å². The van der Waals surface area contributed by atoms with E-state index < -0.39 is 0 Å². The zero-order valence-electron chi connectivity index (χ0n) is 19.6. The van der Waals surface area contributed by atoms with Crippen LogP contribution in [0.25, 0.3) is 0 Å². The molecule has 0 bridgehead atoms. The van der Waals surface area contributed by atoms with E-state index in [0.717, 1.165) is 33.9 Å². The van der Waals surface area contributed by atoms with Crippen LogP contribution >= 0.6 is 0 Å². The van der Waals surface area contributed by atoms with E-state index in [1.165, 1.54) is 18.2 Å². The lowest BCUT2D eigenvalue weighted by Gasteiger charge is -2.26. The summed E-state index contributed by atoms with van der Waals surface area (Å²) in [7, 11) is 3.50. The Kier molecular flexibility index (Phi) is 5.88. The van der Waals surface area contributed by atoms with Crippen LogP contribution in [0.3, 0.4) is 0 Å². The van der Waals surface area contributed by atoms with Gasteiger partial charge in [0.1, 0.15) is 0 Å². The number of esters is 1. The molecule has 0 unspecified atom stereocenters. The van der Waals surface area contributed by atoms with Crippen LogP contribution in [-0.2, 0) is 4.74 Å². The summed E-state index contributed by atoms with van der Waals surface area (Å²) in [5.41, 5.74) is 9.35. The van der Waals surface area contributed by atoms with Gasteiger partial charge in [0, 0.05) is 18.2 Å². The molecule has 4 rings (SSSR count). The first kappa shape index (κ1) is 21.8. The van der Waals surface area contributed by atoms with Gasteiger partial charge in [-0.05, 0) is 59.4 Å². The third-order valence-electron chi connectivity index (χ3n) is 6.12. The van der Waals surface area contributed by atoms with Crippen LogP contribution in [0.4, 0.5) is 17.1 Å². The Morgan fingerprint density at radius 2 is 1.50 bits per heavy atom. The topological polar surface area (TPSA) is 41.9 Å². The van der Waals surface area contributed by atoms with Gasteiger partial charge in [-0.3, -0.25) is 0 Å². The average Bonchev–Trinajstić information content (AvgIpc) is 2.92. The fraction of sp³-hybridized carbons (Fsp3) is 0.286. The van der Waals surface area contributed by atoms with Gasteiger partial charge in [-0.2, -0.15) is 0 Å². The van der Waals surface area contributed by atoms with Gasteiger partial charge in [0.15, 0.2) is 0 Å². The van der Waals surface area contributed by atoms with Crippen molar-refractivity contribution in [2.45, 2.75) is 39.5 Å². The largest absolute Gasteiger partial charge is 0.465 e. The maximum atomic E-state index is 11.9. The smallest absolute Gasteiger partial charge is 0.337 e. The minimum atomic E-state index is -0.339. The van der Waals surface area contributed by atoms with Crippen molar-refractivity contribution in [3.05, 3.63) is 88.5 Å². The number of nitrogens with zero attached hydrogens (tertiary/aromatic N) is 2. The standard InChI is InChI=1S/C28H30N2O2/c1-17(2)21-15-23-26(16-22(21)18(3)4)30(5)25-10-8-7-9-24(25)29-27(23)19-11-13-20(14-12-19)28(31)32-6/h7-18H,1-6H3. The van der Waals surface area contributed by atoms with Gasteiger partial charge < -0.3 is 9.64 Å². The van der Waals surface area contributed by atoms with Crippen LogP contribution in [0.5, 0.6) is 0 Å². The number of anilines is 2. The number of para-hydroxylation sites is 2. The second-order valence-corrected chi connectivity index (χ2v) is 8.88. The molecule has 164 valence electrons. The number of methoxy groups -OCH3 is 1. The summed E-state index contributed by atoms with van der Waals surface area (Å²) < 4.78 is 4.86. The number of benzene rings is 3. The van der Waals surface area contributed by atoms with Crippen molar-refractivity contribution in [2.75, 3.05) is 19.1 Å². The number of aliphatic imine (C=N–C) groups is 1. The van der Waals surface area contributed by atoms with Gasteiger partial charge in [0.2, 0.25) is 0 Å². The molecule has 1 aliphatic heterocycles. The number of ether oxygens (including phenoxy) is 1. The number of carbonyl (C=O) groups is 1. The fourth-order valence-corrected chi connectivity index (χ4v) is 4.34. The van der Waals surface area contributed by atoms with E-state index in [1.807, 2.05) is 30.3 Å². The lowest BCUT2D eigenvalue weighted by molar-refractivity contribution is 0.0600. The van der Waals surface area contributed by atoms with Crippen LogP contribution in [0.2, 0.25) is 0 Å². The highest BCUT2D eigenvalue weighted by molar-refractivity contribution is 6.19. The molecule has 0 spiro atoms. The number of fused-ring (bicyclic) bond motifs is 2. The van der Waals surface area contributed by atoms with E-state index in [-0.39, 0.29) is 5.97 Å². The van der Waals surface area contributed by atoms with Crippen LogP contribution in [-0.4, -0.2) is 25.8 Å². The minimum absolute atomic E-state index is 0.339. The zero-order valence-corrected chi connectivity index (χ0v) is 19.6. The molecule has 3 aromatic rings. The number of carbonyl (C=O) groups excluding carboxylic acids is 1. The van der Waals surface area contributed by atoms with Gasteiger partial charge in [-0.25, -0.2) is 9.79 Å². The maximum Gasteiger partial charge on any atom is 0.337 e. The number of hydrogen-bond donors (Lipinski definition) is 0. The van der Waals surface area contributed by atoms with Gasteiger partial charge in [0.05, 0.1) is 35.4 Å². The lowest BCUT2D eigenvalue weighted by Crippen LogP contribution is -2.15. The molecule has 0 N–H and O–H groups in total. The first-order chi connectivity index (χ1) is 15.3. The molecule has 1 aliphatic rings. The summed E-state index contributed by atoms with van der Waals surface area (Å²) >= 11 is 0. The molecular weight excluding hydrogens is 396 g/mol. The summed E-state index contributed by atoms with van der Waals surface area (Å²) in [6.45, 7) is 8.98. The summed E-state index contributed by atoms with van der Waals surface area (Å²) in [4.78, 5) is 19.3. The van der Waals surface area contributed by atoms with E-state index in [9.17, 15) is 4.79 Å². The SMILES string of the molecule is COC(=O)c1ccc(C2=Nc3ccccc3N(C)c3cc(C(C)C)c(C(C)C)cc32)cc1. The minimum Gasteiger partial charge on any atom is -0.465 e. The highest BCUT2D eigenvalue weighted by Gasteiger charge is 2.25. The molecular formula is C28H30N2O2. The molecule has 4 nitrogen and oxygen atoms in total. The average molecular weight is 427 g/mol. The van der Waals surface area contributed by atoms with E-state index in [2.05, 4.69) is 57.8 Å². The molecule has 0 fully saturated rings. The van der Waals surface area contributed by atoms with Crippen LogP contribution < -0.4 is 4.90 Å². The predicted octanol–water partition coefficient (Wildman–Crippen LogP) is 6.97. The van der Waals surface area contributed by atoms with Crippen molar-refractivity contribution >= 4 is 28.7 Å². The molecule has 0 amide bonds. The maximum absolute atomic E-state index is 11.9. The highest BCUT2D eigenvalue weighted by atomic mass is 16.5.